The molecule has 0 bridgehead atoms. The average Bonchev–Trinajstić information content (AvgIpc) is 3.62. The predicted octanol–water partition coefficient (Wildman–Crippen LogP) is 3.08. The number of morpholine rings is 1. The van der Waals surface area contributed by atoms with Gasteiger partial charge < -0.3 is 25.0 Å². The van der Waals surface area contributed by atoms with E-state index in [1.165, 1.54) is 0 Å². The molecule has 0 amide bonds. The molecule has 2 N–H and O–H groups in total. The number of likely N-dealkylation sites (tertiary alicyclic amines) is 1. The molecule has 4 aromatic rings. The van der Waals surface area contributed by atoms with Crippen molar-refractivity contribution in [3.63, 3.8) is 0 Å². The molecular formula is C36H48N8O4S. The van der Waals surface area contributed by atoms with Crippen LogP contribution in [0.1, 0.15) is 24.8 Å². The Morgan fingerprint density at radius 1 is 1.02 bits per heavy atom. The number of nitrogens with one attached hydrogen (secondary N) is 2. The third-order valence-corrected chi connectivity index (χ3v) is 13.4. The highest BCUT2D eigenvalue weighted by Crippen LogP contribution is 2.31. The number of pyridine rings is 2. The first-order chi connectivity index (χ1) is 23.7. The SMILES string of the molecule is Cc1cc([SH](C)(=O)C2CCN(C)CC2)cnc1-c1cc2cnc(Nc3ccc(OC4CCNC4)cc3)nc2n(CCN2CCOCC2)c1=O. The Kier molecular flexibility index (Phi) is 10.1. The number of anilines is 2. The van der Waals surface area contributed by atoms with E-state index in [1.807, 2.05) is 49.6 Å². The normalized spacial score (nSPS) is 20.1. The summed E-state index contributed by atoms with van der Waals surface area (Å²) in [5.74, 6) is 1.23. The van der Waals surface area contributed by atoms with Crippen LogP contribution in [0.5, 0.6) is 5.75 Å². The lowest BCUT2D eigenvalue weighted by molar-refractivity contribution is 0.0364. The molecule has 7 rings (SSSR count). The summed E-state index contributed by atoms with van der Waals surface area (Å²) in [6.07, 6.45) is 8.40. The quantitative estimate of drug-likeness (QED) is 0.213. The van der Waals surface area contributed by atoms with Gasteiger partial charge in [0, 0.05) is 66.3 Å². The summed E-state index contributed by atoms with van der Waals surface area (Å²) in [6, 6.07) is 11.6. The summed E-state index contributed by atoms with van der Waals surface area (Å²) in [5.41, 5.74) is 3.13. The number of thiol groups is 1. The molecule has 1 unspecified atom stereocenters. The van der Waals surface area contributed by atoms with Crippen molar-refractivity contribution in [2.45, 2.75) is 49.0 Å². The van der Waals surface area contributed by atoms with Crippen molar-refractivity contribution in [3.05, 3.63) is 64.7 Å². The molecule has 3 aliphatic rings. The number of hydrogen-bond acceptors (Lipinski definition) is 11. The van der Waals surface area contributed by atoms with Crippen LogP contribution in [-0.2, 0) is 21.2 Å². The van der Waals surface area contributed by atoms with E-state index in [9.17, 15) is 9.00 Å². The van der Waals surface area contributed by atoms with Gasteiger partial charge in [-0.05, 0) is 101 Å². The Morgan fingerprint density at radius 2 is 1.80 bits per heavy atom. The number of rotatable bonds is 10. The summed E-state index contributed by atoms with van der Waals surface area (Å²) in [7, 11) is -0.530. The molecule has 3 aromatic heterocycles. The highest BCUT2D eigenvalue weighted by molar-refractivity contribution is 8.03. The Hall–Kier alpha value is -3.75. The van der Waals surface area contributed by atoms with Gasteiger partial charge in [0.15, 0.2) is 0 Å². The molecule has 1 atom stereocenters. The molecule has 6 heterocycles. The lowest BCUT2D eigenvalue weighted by atomic mass is 10.1. The molecule has 3 fully saturated rings. The number of hydrogen-bond donors (Lipinski definition) is 3. The van der Waals surface area contributed by atoms with Crippen LogP contribution in [-0.4, -0.2) is 117 Å². The number of benzene rings is 1. The topological polar surface area (TPSA) is 127 Å². The van der Waals surface area contributed by atoms with E-state index in [0.717, 1.165) is 85.8 Å². The van der Waals surface area contributed by atoms with Crippen LogP contribution >= 0.6 is 0 Å². The van der Waals surface area contributed by atoms with Gasteiger partial charge in [-0.15, -0.1) is 0 Å². The summed E-state index contributed by atoms with van der Waals surface area (Å²) in [5, 5.41) is 7.51. The van der Waals surface area contributed by atoms with Gasteiger partial charge >= 0.3 is 0 Å². The highest BCUT2D eigenvalue weighted by atomic mass is 32.2. The number of aryl methyl sites for hydroxylation is 1. The van der Waals surface area contributed by atoms with E-state index >= 15 is 0 Å². The fourth-order valence-corrected chi connectivity index (χ4v) is 9.49. The van der Waals surface area contributed by atoms with Crippen LogP contribution in [0.4, 0.5) is 11.6 Å². The molecule has 13 heteroatoms. The molecule has 49 heavy (non-hydrogen) atoms. The standard InChI is InChI=1S/C36H48N8O4S/c1-25-20-31(49(3,46)30-9-12-42(2)13-10-30)24-38-33(25)32-21-26-22-39-36(40-27-4-6-28(7-5-27)48-29-8-11-37-23-29)41-34(26)44(35(32)45)15-14-43-16-18-47-19-17-43/h4-7,20-22,24,29-30,37,49H,8-19,23H2,1-3H3,(H,39,40,41). The van der Waals surface area contributed by atoms with E-state index in [2.05, 4.69) is 32.5 Å². The lowest BCUT2D eigenvalue weighted by Crippen LogP contribution is -2.39. The van der Waals surface area contributed by atoms with Gasteiger partial charge in [-0.3, -0.25) is 23.5 Å². The number of piperidine rings is 1. The van der Waals surface area contributed by atoms with Crippen molar-refractivity contribution in [1.29, 1.82) is 0 Å². The van der Waals surface area contributed by atoms with E-state index in [-0.39, 0.29) is 16.9 Å². The van der Waals surface area contributed by atoms with E-state index in [4.69, 9.17) is 19.4 Å². The van der Waals surface area contributed by atoms with Crippen LogP contribution in [0.25, 0.3) is 22.3 Å². The minimum absolute atomic E-state index is 0.148. The van der Waals surface area contributed by atoms with Gasteiger partial charge in [-0.25, -0.2) is 4.98 Å². The Labute approximate surface area is 288 Å². The van der Waals surface area contributed by atoms with Crippen molar-refractivity contribution in [2.24, 2.45) is 0 Å². The minimum Gasteiger partial charge on any atom is -0.489 e. The molecular weight excluding hydrogens is 641 g/mol. The highest BCUT2D eigenvalue weighted by Gasteiger charge is 2.29. The number of nitrogens with zero attached hydrogens (tertiary/aromatic N) is 6. The van der Waals surface area contributed by atoms with Crippen LogP contribution in [0.15, 0.2) is 58.5 Å². The van der Waals surface area contributed by atoms with Crippen LogP contribution in [0, 0.1) is 6.92 Å². The third kappa shape index (κ3) is 7.56. The number of fused-ring (bicyclic) bond motifs is 1. The Bertz CT molecular complexity index is 1880. The average molecular weight is 689 g/mol. The molecule has 12 nitrogen and oxygen atoms in total. The zero-order chi connectivity index (χ0) is 34.0. The molecule has 262 valence electrons. The van der Waals surface area contributed by atoms with E-state index in [0.29, 0.717) is 49.2 Å². The van der Waals surface area contributed by atoms with Gasteiger partial charge in [-0.1, -0.05) is 9.93 Å². The molecule has 0 saturated carbocycles. The summed E-state index contributed by atoms with van der Waals surface area (Å²) in [6.45, 7) is 9.85. The number of aromatic nitrogens is 4. The van der Waals surface area contributed by atoms with E-state index in [1.54, 1.807) is 17.0 Å². The third-order valence-electron chi connectivity index (χ3n) is 10.2. The smallest absolute Gasteiger partial charge is 0.261 e. The predicted molar refractivity (Wildman–Crippen MR) is 195 cm³/mol. The number of ether oxygens (including phenoxy) is 2. The van der Waals surface area contributed by atoms with Gasteiger partial charge in [0.25, 0.3) is 5.56 Å². The second-order valence-electron chi connectivity index (χ2n) is 13.7. The van der Waals surface area contributed by atoms with Crippen LogP contribution < -0.4 is 20.9 Å². The van der Waals surface area contributed by atoms with Crippen LogP contribution in [0.3, 0.4) is 0 Å². The van der Waals surface area contributed by atoms with Crippen LogP contribution in [0.2, 0.25) is 0 Å². The zero-order valence-electron chi connectivity index (χ0n) is 28.7. The molecule has 3 aliphatic heterocycles. The first kappa shape index (κ1) is 33.7. The maximum absolute atomic E-state index is 14.3. The minimum atomic E-state index is -2.64. The van der Waals surface area contributed by atoms with Gasteiger partial charge in [0.1, 0.15) is 17.5 Å². The Morgan fingerprint density at radius 3 is 2.51 bits per heavy atom. The lowest BCUT2D eigenvalue weighted by Gasteiger charge is -2.36. The molecule has 0 spiro atoms. The van der Waals surface area contributed by atoms with E-state index < -0.39 is 9.93 Å². The van der Waals surface area contributed by atoms with Gasteiger partial charge in [0.05, 0.1) is 24.5 Å². The zero-order valence-corrected chi connectivity index (χ0v) is 29.6. The van der Waals surface area contributed by atoms with Crippen molar-refractivity contribution >= 4 is 32.6 Å². The van der Waals surface area contributed by atoms with Crippen molar-refractivity contribution in [3.8, 4) is 17.0 Å². The van der Waals surface area contributed by atoms with Crippen molar-refractivity contribution in [2.75, 3.05) is 77.6 Å². The first-order valence-electron chi connectivity index (χ1n) is 17.4. The van der Waals surface area contributed by atoms with Crippen molar-refractivity contribution in [1.82, 2.24) is 34.6 Å². The first-order valence-corrected chi connectivity index (χ1v) is 19.7. The fraction of sp³-hybridized carbons (Fsp3) is 0.500. The van der Waals surface area contributed by atoms with Crippen molar-refractivity contribution < 1.29 is 13.7 Å². The monoisotopic (exact) mass is 688 g/mol. The maximum atomic E-state index is 14.3. The van der Waals surface area contributed by atoms with Gasteiger partial charge in [-0.2, -0.15) is 4.98 Å². The molecule has 1 aromatic carbocycles. The maximum Gasteiger partial charge on any atom is 0.261 e. The summed E-state index contributed by atoms with van der Waals surface area (Å²) >= 11 is 0. The summed E-state index contributed by atoms with van der Waals surface area (Å²) in [4.78, 5) is 34.0. The fourth-order valence-electron chi connectivity index (χ4n) is 7.11. The second-order valence-corrected chi connectivity index (χ2v) is 16.9. The largest absolute Gasteiger partial charge is 0.489 e. The second kappa shape index (κ2) is 14.6. The van der Waals surface area contributed by atoms with Gasteiger partial charge in [0.2, 0.25) is 5.95 Å². The molecule has 0 aliphatic carbocycles. The Balaban J connectivity index is 1.19. The molecule has 3 saturated heterocycles. The summed E-state index contributed by atoms with van der Waals surface area (Å²) < 4.78 is 27.4. The molecule has 0 radical (unpaired) electrons.